The largest absolute Gasteiger partial charge is 0.353 e. The zero-order chi connectivity index (χ0) is 19.1. The van der Waals surface area contributed by atoms with Crippen LogP contribution in [-0.4, -0.2) is 59.2 Å². The predicted molar refractivity (Wildman–Crippen MR) is 111 cm³/mol. The monoisotopic (exact) mass is 379 g/mol. The fourth-order valence-corrected chi connectivity index (χ4v) is 4.18. The van der Waals surface area contributed by atoms with E-state index in [2.05, 4.69) is 50.6 Å². The van der Waals surface area contributed by atoms with Gasteiger partial charge in [-0.25, -0.2) is 15.0 Å². The normalized spacial score (nSPS) is 20.1. The number of nitrogens with zero attached hydrogens (tertiary/aromatic N) is 7. The lowest BCUT2D eigenvalue weighted by Gasteiger charge is -2.36. The van der Waals surface area contributed by atoms with E-state index in [0.29, 0.717) is 5.92 Å². The molecule has 2 aromatic heterocycles. The van der Waals surface area contributed by atoms with Crippen molar-refractivity contribution < 1.29 is 0 Å². The summed E-state index contributed by atoms with van der Waals surface area (Å²) in [4.78, 5) is 26.2. The first-order valence-corrected chi connectivity index (χ1v) is 10.6. The van der Waals surface area contributed by atoms with E-state index in [0.717, 1.165) is 74.1 Å². The summed E-state index contributed by atoms with van der Waals surface area (Å²) in [5.74, 6) is 4.68. The third kappa shape index (κ3) is 3.62. The molecule has 2 aliphatic heterocycles. The molecular formula is C21H29N7. The second kappa shape index (κ2) is 7.18. The molecule has 3 fully saturated rings. The molecule has 0 N–H and O–H groups in total. The number of aromatic nitrogens is 4. The summed E-state index contributed by atoms with van der Waals surface area (Å²) in [5.41, 5.74) is 2.13. The fourth-order valence-electron chi connectivity index (χ4n) is 4.18. The Balaban J connectivity index is 1.30. The van der Waals surface area contributed by atoms with Gasteiger partial charge in [-0.1, -0.05) is 0 Å². The van der Waals surface area contributed by atoms with Gasteiger partial charge in [0.25, 0.3) is 0 Å². The van der Waals surface area contributed by atoms with E-state index in [1.807, 2.05) is 0 Å². The highest BCUT2D eigenvalue weighted by Gasteiger charge is 2.28. The van der Waals surface area contributed by atoms with Crippen LogP contribution in [0.1, 0.15) is 48.8 Å². The van der Waals surface area contributed by atoms with E-state index in [4.69, 9.17) is 9.97 Å². The van der Waals surface area contributed by atoms with Crippen molar-refractivity contribution in [3.8, 4) is 0 Å². The topological polar surface area (TPSA) is 61.3 Å². The van der Waals surface area contributed by atoms with Crippen LogP contribution in [0.4, 0.5) is 17.6 Å². The summed E-state index contributed by atoms with van der Waals surface area (Å²) in [5, 5.41) is 0. The Morgan fingerprint density at radius 2 is 1.25 bits per heavy atom. The van der Waals surface area contributed by atoms with Crippen LogP contribution in [0.2, 0.25) is 0 Å². The molecule has 3 aliphatic rings. The highest BCUT2D eigenvalue weighted by atomic mass is 15.3. The maximum atomic E-state index is 4.89. The van der Waals surface area contributed by atoms with Crippen molar-refractivity contribution in [3.63, 3.8) is 0 Å². The number of rotatable bonds is 4. The average molecular weight is 380 g/mol. The van der Waals surface area contributed by atoms with E-state index in [1.165, 1.54) is 25.7 Å². The van der Waals surface area contributed by atoms with Crippen molar-refractivity contribution >= 4 is 17.6 Å². The molecular weight excluding hydrogens is 350 g/mol. The molecule has 2 saturated heterocycles. The molecule has 7 heteroatoms. The standard InChI is InChI=1S/C21H29N7/c1-15-13-18(24-20(22-15)17-5-6-17)26-9-11-27(12-10-26)19-14-16(2)23-21(25-19)28-7-3-4-8-28/h13-14,17H,3-12H2,1-2H3. The van der Waals surface area contributed by atoms with Crippen molar-refractivity contribution in [2.45, 2.75) is 45.4 Å². The van der Waals surface area contributed by atoms with Gasteiger partial charge in [-0.05, 0) is 39.5 Å². The molecule has 1 aliphatic carbocycles. The molecule has 0 spiro atoms. The van der Waals surface area contributed by atoms with Crippen LogP contribution in [0.5, 0.6) is 0 Å². The van der Waals surface area contributed by atoms with Crippen LogP contribution in [0.25, 0.3) is 0 Å². The zero-order valence-electron chi connectivity index (χ0n) is 16.9. The number of aryl methyl sites for hydroxylation is 2. The van der Waals surface area contributed by atoms with Crippen LogP contribution < -0.4 is 14.7 Å². The van der Waals surface area contributed by atoms with Gasteiger partial charge in [0, 0.05) is 68.7 Å². The molecule has 2 aromatic rings. The summed E-state index contributed by atoms with van der Waals surface area (Å²) in [6, 6.07) is 4.25. The van der Waals surface area contributed by atoms with Crippen LogP contribution >= 0.6 is 0 Å². The number of hydrogen-bond donors (Lipinski definition) is 0. The fraction of sp³-hybridized carbons (Fsp3) is 0.619. The number of hydrogen-bond acceptors (Lipinski definition) is 7. The third-order valence-electron chi connectivity index (χ3n) is 5.95. The first-order valence-electron chi connectivity index (χ1n) is 10.6. The Hall–Kier alpha value is -2.44. The third-order valence-corrected chi connectivity index (χ3v) is 5.95. The van der Waals surface area contributed by atoms with E-state index in [9.17, 15) is 0 Å². The van der Waals surface area contributed by atoms with Crippen molar-refractivity contribution in [3.05, 3.63) is 29.3 Å². The van der Waals surface area contributed by atoms with Crippen molar-refractivity contribution in [2.24, 2.45) is 0 Å². The van der Waals surface area contributed by atoms with Gasteiger partial charge < -0.3 is 14.7 Å². The predicted octanol–water partition coefficient (Wildman–Crippen LogP) is 2.69. The summed E-state index contributed by atoms with van der Waals surface area (Å²) < 4.78 is 0. The van der Waals surface area contributed by atoms with Gasteiger partial charge in [-0.3, -0.25) is 0 Å². The Morgan fingerprint density at radius 1 is 0.679 bits per heavy atom. The van der Waals surface area contributed by atoms with Crippen LogP contribution in [-0.2, 0) is 0 Å². The molecule has 0 radical (unpaired) electrons. The van der Waals surface area contributed by atoms with Gasteiger partial charge >= 0.3 is 0 Å². The molecule has 0 bridgehead atoms. The summed E-state index contributed by atoms with van der Waals surface area (Å²) >= 11 is 0. The van der Waals surface area contributed by atoms with Gasteiger partial charge in [0.05, 0.1) is 0 Å². The quantitative estimate of drug-likeness (QED) is 0.809. The number of anilines is 3. The molecule has 0 unspecified atom stereocenters. The van der Waals surface area contributed by atoms with E-state index < -0.39 is 0 Å². The van der Waals surface area contributed by atoms with Crippen molar-refractivity contribution in [1.29, 1.82) is 0 Å². The van der Waals surface area contributed by atoms with Gasteiger partial charge in [0.1, 0.15) is 17.5 Å². The Morgan fingerprint density at radius 3 is 1.86 bits per heavy atom. The number of piperazine rings is 1. The molecule has 7 nitrogen and oxygen atoms in total. The minimum atomic E-state index is 0.591. The first-order chi connectivity index (χ1) is 13.7. The van der Waals surface area contributed by atoms with Crippen LogP contribution in [0.3, 0.4) is 0 Å². The molecule has 148 valence electrons. The molecule has 0 atom stereocenters. The average Bonchev–Trinajstić information content (AvgIpc) is 3.41. The summed E-state index contributed by atoms with van der Waals surface area (Å²) in [7, 11) is 0. The smallest absolute Gasteiger partial charge is 0.227 e. The van der Waals surface area contributed by atoms with Gasteiger partial charge in [0.15, 0.2) is 0 Å². The lowest BCUT2D eigenvalue weighted by Crippen LogP contribution is -2.47. The summed E-state index contributed by atoms with van der Waals surface area (Å²) in [6.45, 7) is 10.1. The Kier molecular flexibility index (Phi) is 4.53. The lowest BCUT2D eigenvalue weighted by atomic mass is 10.2. The molecule has 28 heavy (non-hydrogen) atoms. The highest BCUT2D eigenvalue weighted by molar-refractivity contribution is 5.49. The molecule has 0 aromatic carbocycles. The highest BCUT2D eigenvalue weighted by Crippen LogP contribution is 2.38. The Labute approximate surface area is 166 Å². The minimum Gasteiger partial charge on any atom is -0.353 e. The van der Waals surface area contributed by atoms with E-state index in [1.54, 1.807) is 0 Å². The zero-order valence-corrected chi connectivity index (χ0v) is 16.9. The Bertz CT molecular complexity index is 850. The summed E-state index contributed by atoms with van der Waals surface area (Å²) in [6.07, 6.45) is 4.96. The molecule has 1 saturated carbocycles. The second-order valence-electron chi connectivity index (χ2n) is 8.34. The van der Waals surface area contributed by atoms with E-state index in [-0.39, 0.29) is 0 Å². The SMILES string of the molecule is Cc1cc(N2CCN(c3cc(C)nc(N4CCCC4)n3)CC2)nc(C2CC2)n1. The van der Waals surface area contributed by atoms with E-state index >= 15 is 0 Å². The maximum absolute atomic E-state index is 4.89. The first kappa shape index (κ1) is 17.6. The maximum Gasteiger partial charge on any atom is 0.227 e. The molecule has 4 heterocycles. The second-order valence-corrected chi connectivity index (χ2v) is 8.34. The van der Waals surface area contributed by atoms with Crippen molar-refractivity contribution in [2.75, 3.05) is 54.0 Å². The van der Waals surface area contributed by atoms with Gasteiger partial charge in [-0.15, -0.1) is 0 Å². The van der Waals surface area contributed by atoms with Crippen molar-refractivity contribution in [1.82, 2.24) is 19.9 Å². The van der Waals surface area contributed by atoms with Gasteiger partial charge in [0.2, 0.25) is 5.95 Å². The lowest BCUT2D eigenvalue weighted by molar-refractivity contribution is 0.637. The molecule has 0 amide bonds. The van der Waals surface area contributed by atoms with Gasteiger partial charge in [-0.2, -0.15) is 4.98 Å². The van der Waals surface area contributed by atoms with Crippen LogP contribution in [0, 0.1) is 13.8 Å². The minimum absolute atomic E-state index is 0.591. The molecule has 5 rings (SSSR count). The van der Waals surface area contributed by atoms with Crippen LogP contribution in [0.15, 0.2) is 12.1 Å².